The van der Waals surface area contributed by atoms with Crippen LogP contribution in [0, 0.1) is 6.92 Å². The number of amides is 2. The van der Waals surface area contributed by atoms with E-state index in [1.54, 1.807) is 0 Å². The maximum atomic E-state index is 12.8. The van der Waals surface area contributed by atoms with E-state index < -0.39 is 6.04 Å². The summed E-state index contributed by atoms with van der Waals surface area (Å²) in [4.78, 5) is 25.4. The summed E-state index contributed by atoms with van der Waals surface area (Å²) in [5.41, 5.74) is 8.17. The molecule has 5 N–H and O–H groups in total. The van der Waals surface area contributed by atoms with E-state index in [2.05, 4.69) is 16.0 Å². The Bertz CT molecular complexity index is 1040. The van der Waals surface area contributed by atoms with Gasteiger partial charge in [-0.05, 0) is 81.3 Å². The summed E-state index contributed by atoms with van der Waals surface area (Å²) in [6.07, 6.45) is 2.06. The number of unbranched alkanes of at least 4 members (excludes halogenated alkanes) is 1. The van der Waals surface area contributed by atoms with Gasteiger partial charge in [0.15, 0.2) is 0 Å². The van der Waals surface area contributed by atoms with Crippen molar-refractivity contribution in [1.29, 1.82) is 0 Å². The van der Waals surface area contributed by atoms with Gasteiger partial charge in [-0.15, -0.1) is 0 Å². The lowest BCUT2D eigenvalue weighted by molar-refractivity contribution is -0.125. The van der Waals surface area contributed by atoms with Gasteiger partial charge in [-0.3, -0.25) is 9.59 Å². The van der Waals surface area contributed by atoms with Crippen LogP contribution in [0.1, 0.15) is 24.8 Å². The van der Waals surface area contributed by atoms with E-state index in [1.807, 2.05) is 85.8 Å². The van der Waals surface area contributed by atoms with E-state index in [9.17, 15) is 9.59 Å². The number of carbonyl (C=O) groups excluding carboxylic acids is 2. The second-order valence-electron chi connectivity index (χ2n) is 8.05. The molecule has 1 atom stereocenters. The van der Waals surface area contributed by atoms with Gasteiger partial charge < -0.3 is 26.4 Å². The van der Waals surface area contributed by atoms with Gasteiger partial charge in [-0.25, -0.2) is 0 Å². The fourth-order valence-electron chi connectivity index (χ4n) is 3.32. The number of hydrogen-bond donors (Lipinski definition) is 4. The van der Waals surface area contributed by atoms with Crippen molar-refractivity contribution in [3.8, 4) is 11.5 Å². The number of nitrogens with two attached hydrogens (primary N) is 1. The first-order valence-electron chi connectivity index (χ1n) is 11.5. The van der Waals surface area contributed by atoms with Gasteiger partial charge in [0.05, 0.1) is 6.54 Å². The Balaban J connectivity index is 1.51. The fourth-order valence-corrected chi connectivity index (χ4v) is 3.32. The van der Waals surface area contributed by atoms with E-state index in [-0.39, 0.29) is 18.4 Å². The summed E-state index contributed by atoms with van der Waals surface area (Å²) in [5.74, 6) is 0.958. The molecule has 0 aliphatic carbocycles. The van der Waals surface area contributed by atoms with Crippen molar-refractivity contribution >= 4 is 23.2 Å². The normalized spacial score (nSPS) is 11.4. The summed E-state index contributed by atoms with van der Waals surface area (Å²) in [7, 11) is 0. The molecule has 178 valence electrons. The van der Waals surface area contributed by atoms with Crippen molar-refractivity contribution in [2.75, 3.05) is 23.7 Å². The smallest absolute Gasteiger partial charge is 0.246 e. The number of aryl methyl sites for hydroxylation is 1. The highest BCUT2D eigenvalue weighted by Gasteiger charge is 2.20. The van der Waals surface area contributed by atoms with Crippen LogP contribution in [-0.4, -0.2) is 30.9 Å². The van der Waals surface area contributed by atoms with Gasteiger partial charge in [-0.1, -0.05) is 35.9 Å². The number of benzene rings is 3. The Labute approximate surface area is 200 Å². The highest BCUT2D eigenvalue weighted by atomic mass is 16.5. The lowest BCUT2D eigenvalue weighted by Crippen LogP contribution is -2.45. The molecule has 34 heavy (non-hydrogen) atoms. The fraction of sp³-hybridized carbons (Fsp3) is 0.259. The average molecular weight is 461 g/mol. The zero-order valence-corrected chi connectivity index (χ0v) is 19.4. The maximum Gasteiger partial charge on any atom is 0.246 e. The van der Waals surface area contributed by atoms with E-state index in [0.717, 1.165) is 29.8 Å². The molecule has 0 aliphatic rings. The Morgan fingerprint density at radius 1 is 0.853 bits per heavy atom. The molecular weight excluding hydrogens is 428 g/mol. The van der Waals surface area contributed by atoms with Gasteiger partial charge in [0, 0.05) is 11.4 Å². The zero-order valence-electron chi connectivity index (χ0n) is 19.4. The van der Waals surface area contributed by atoms with E-state index in [4.69, 9.17) is 10.5 Å². The van der Waals surface area contributed by atoms with Gasteiger partial charge in [-0.2, -0.15) is 0 Å². The molecule has 0 fully saturated rings. The van der Waals surface area contributed by atoms with Crippen molar-refractivity contribution in [3.05, 3.63) is 84.4 Å². The largest absolute Gasteiger partial charge is 0.457 e. The molecule has 2 amide bonds. The number of ether oxygens (including phenoxy) is 1. The van der Waals surface area contributed by atoms with E-state index in [0.29, 0.717) is 24.4 Å². The summed E-state index contributed by atoms with van der Waals surface area (Å²) in [6.45, 7) is 2.58. The minimum absolute atomic E-state index is 0.0457. The highest BCUT2D eigenvalue weighted by Crippen LogP contribution is 2.22. The topological polar surface area (TPSA) is 105 Å². The third-order valence-electron chi connectivity index (χ3n) is 5.20. The lowest BCUT2D eigenvalue weighted by Gasteiger charge is -2.19. The number of anilines is 2. The number of carbonyl (C=O) groups is 2. The predicted octanol–water partition coefficient (Wildman–Crippen LogP) is 4.45. The second kappa shape index (κ2) is 13.0. The maximum absolute atomic E-state index is 12.8. The molecular formula is C27H32N4O3. The summed E-state index contributed by atoms with van der Waals surface area (Å²) in [6, 6.07) is 23.8. The molecule has 7 nitrogen and oxygen atoms in total. The standard InChI is InChI=1S/C27H32N4O3/c1-20-10-12-22(13-11-20)30-27(33)25(9-5-6-18-28)31-26(32)19-29-21-14-16-24(17-15-21)34-23-7-3-2-4-8-23/h2-4,7-8,10-17,25,29H,5-6,9,18-19,28H2,1H3,(H,30,33)(H,31,32)/t25-/m0/s1. The molecule has 0 radical (unpaired) electrons. The van der Waals surface area contributed by atoms with E-state index >= 15 is 0 Å². The molecule has 3 rings (SSSR count). The monoisotopic (exact) mass is 460 g/mol. The zero-order chi connectivity index (χ0) is 24.2. The first kappa shape index (κ1) is 24.8. The van der Waals surface area contributed by atoms with Crippen molar-refractivity contribution < 1.29 is 14.3 Å². The quantitative estimate of drug-likeness (QED) is 0.299. The van der Waals surface area contributed by atoms with Crippen molar-refractivity contribution in [2.24, 2.45) is 5.73 Å². The summed E-state index contributed by atoms with van der Waals surface area (Å²) >= 11 is 0. The van der Waals surface area contributed by atoms with Gasteiger partial charge in [0.2, 0.25) is 11.8 Å². The molecule has 0 spiro atoms. The third-order valence-corrected chi connectivity index (χ3v) is 5.20. The molecule has 0 aromatic heterocycles. The summed E-state index contributed by atoms with van der Waals surface area (Å²) in [5, 5.41) is 8.81. The first-order chi connectivity index (χ1) is 16.5. The van der Waals surface area contributed by atoms with Crippen LogP contribution >= 0.6 is 0 Å². The van der Waals surface area contributed by atoms with Crippen LogP contribution in [-0.2, 0) is 9.59 Å². The molecule has 7 heteroatoms. The number of rotatable bonds is 12. The molecule has 3 aromatic carbocycles. The molecule has 0 saturated carbocycles. The van der Waals surface area contributed by atoms with Crippen LogP contribution < -0.4 is 26.4 Å². The van der Waals surface area contributed by atoms with Crippen LogP contribution in [0.25, 0.3) is 0 Å². The van der Waals surface area contributed by atoms with Crippen molar-refractivity contribution in [2.45, 2.75) is 32.2 Å². The minimum Gasteiger partial charge on any atom is -0.457 e. The van der Waals surface area contributed by atoms with Gasteiger partial charge in [0.25, 0.3) is 0 Å². The first-order valence-corrected chi connectivity index (χ1v) is 11.5. The van der Waals surface area contributed by atoms with Crippen LogP contribution in [0.4, 0.5) is 11.4 Å². The van der Waals surface area contributed by atoms with Gasteiger partial charge >= 0.3 is 0 Å². The Morgan fingerprint density at radius 2 is 1.50 bits per heavy atom. The molecule has 0 bridgehead atoms. The molecule has 0 saturated heterocycles. The van der Waals surface area contributed by atoms with Crippen LogP contribution in [0.5, 0.6) is 11.5 Å². The number of hydrogen-bond acceptors (Lipinski definition) is 5. The van der Waals surface area contributed by atoms with Gasteiger partial charge in [0.1, 0.15) is 17.5 Å². The minimum atomic E-state index is -0.635. The molecule has 0 unspecified atom stereocenters. The van der Waals surface area contributed by atoms with E-state index in [1.165, 1.54) is 0 Å². The second-order valence-corrected chi connectivity index (χ2v) is 8.05. The average Bonchev–Trinajstić information content (AvgIpc) is 2.85. The Kier molecular flexibility index (Phi) is 9.49. The third kappa shape index (κ3) is 8.26. The van der Waals surface area contributed by atoms with Crippen LogP contribution in [0.3, 0.4) is 0 Å². The van der Waals surface area contributed by atoms with Crippen LogP contribution in [0.2, 0.25) is 0 Å². The summed E-state index contributed by atoms with van der Waals surface area (Å²) < 4.78 is 5.78. The molecule has 3 aromatic rings. The Hall–Kier alpha value is -3.84. The van der Waals surface area contributed by atoms with Crippen molar-refractivity contribution in [1.82, 2.24) is 5.32 Å². The lowest BCUT2D eigenvalue weighted by atomic mass is 10.1. The highest BCUT2D eigenvalue weighted by molar-refractivity contribution is 5.97. The Morgan fingerprint density at radius 3 is 2.18 bits per heavy atom. The molecule has 0 aliphatic heterocycles. The molecule has 0 heterocycles. The SMILES string of the molecule is Cc1ccc(NC(=O)[C@H](CCCCN)NC(=O)CNc2ccc(Oc3ccccc3)cc2)cc1. The predicted molar refractivity (Wildman–Crippen MR) is 136 cm³/mol. The number of para-hydroxylation sites is 1. The van der Waals surface area contributed by atoms with Crippen LogP contribution in [0.15, 0.2) is 78.9 Å². The van der Waals surface area contributed by atoms with Crippen molar-refractivity contribution in [3.63, 3.8) is 0 Å². The number of nitrogens with one attached hydrogen (secondary N) is 3.